The summed E-state index contributed by atoms with van der Waals surface area (Å²) in [4.78, 5) is 0. The van der Waals surface area contributed by atoms with E-state index in [0.717, 1.165) is 39.1 Å². The van der Waals surface area contributed by atoms with Crippen LogP contribution in [0.25, 0.3) is 0 Å². The van der Waals surface area contributed by atoms with Gasteiger partial charge in [0.1, 0.15) is 0 Å². The predicted octanol–water partition coefficient (Wildman–Crippen LogP) is 1.41. The molecule has 0 saturated carbocycles. The Bertz CT molecular complexity index is 158. The molecule has 0 spiro atoms. The molecule has 0 atom stereocenters. The monoisotopic (exact) mass is 246 g/mol. The summed E-state index contributed by atoms with van der Waals surface area (Å²) in [5, 5.41) is 6.52. The average molecular weight is 246 g/mol. The molecule has 0 aliphatic rings. The van der Waals surface area contributed by atoms with E-state index >= 15 is 0 Å². The first-order chi connectivity index (χ1) is 8.06. The Balaban J connectivity index is 2.99. The Morgan fingerprint density at radius 3 is 1.82 bits per heavy atom. The third kappa shape index (κ3) is 15.8. The number of nitrogens with one attached hydrogen (secondary N) is 2. The lowest BCUT2D eigenvalue weighted by Crippen LogP contribution is -2.36. The van der Waals surface area contributed by atoms with Crippen molar-refractivity contribution in [3.8, 4) is 0 Å². The summed E-state index contributed by atoms with van der Waals surface area (Å²) in [5.74, 6) is 0. The second-order valence-electron chi connectivity index (χ2n) is 5.21. The fourth-order valence-corrected chi connectivity index (χ4v) is 1.31. The van der Waals surface area contributed by atoms with E-state index in [-0.39, 0.29) is 5.54 Å². The molecule has 0 aromatic carbocycles. The van der Waals surface area contributed by atoms with Gasteiger partial charge in [0.2, 0.25) is 0 Å². The molecule has 0 amide bonds. The van der Waals surface area contributed by atoms with Crippen molar-refractivity contribution in [3.63, 3.8) is 0 Å². The lowest BCUT2D eigenvalue weighted by molar-refractivity contribution is 0.0459. The van der Waals surface area contributed by atoms with Crippen LogP contribution in [0.4, 0.5) is 0 Å². The molecule has 104 valence electrons. The van der Waals surface area contributed by atoms with Gasteiger partial charge in [-0.25, -0.2) is 0 Å². The Labute approximate surface area is 106 Å². The van der Waals surface area contributed by atoms with Gasteiger partial charge >= 0.3 is 0 Å². The highest BCUT2D eigenvalue weighted by atomic mass is 16.5. The molecule has 0 unspecified atom stereocenters. The van der Waals surface area contributed by atoms with Gasteiger partial charge in [0.05, 0.1) is 13.2 Å². The van der Waals surface area contributed by atoms with Crippen molar-refractivity contribution in [1.82, 2.24) is 10.6 Å². The molecule has 4 nitrogen and oxygen atoms in total. The summed E-state index contributed by atoms with van der Waals surface area (Å²) >= 11 is 0. The van der Waals surface area contributed by atoms with Crippen molar-refractivity contribution in [2.24, 2.45) is 0 Å². The molecule has 0 bridgehead atoms. The molecule has 0 rings (SSSR count). The van der Waals surface area contributed by atoms with Crippen molar-refractivity contribution >= 4 is 0 Å². The van der Waals surface area contributed by atoms with Crippen molar-refractivity contribution in [1.29, 1.82) is 0 Å². The molecule has 17 heavy (non-hydrogen) atoms. The van der Waals surface area contributed by atoms with Gasteiger partial charge in [0.25, 0.3) is 0 Å². The lowest BCUT2D eigenvalue weighted by Gasteiger charge is -2.20. The summed E-state index contributed by atoms with van der Waals surface area (Å²) in [5.41, 5.74) is 0.205. The smallest absolute Gasteiger partial charge is 0.0700 e. The predicted molar refractivity (Wildman–Crippen MR) is 72.6 cm³/mol. The molecule has 2 N–H and O–H groups in total. The highest BCUT2D eigenvalue weighted by molar-refractivity contribution is 4.69. The first-order valence-corrected chi connectivity index (χ1v) is 6.61. The van der Waals surface area contributed by atoms with Crippen LogP contribution in [0.3, 0.4) is 0 Å². The summed E-state index contributed by atoms with van der Waals surface area (Å²) in [6, 6.07) is 0. The first-order valence-electron chi connectivity index (χ1n) is 6.61. The molecular weight excluding hydrogens is 216 g/mol. The van der Waals surface area contributed by atoms with Crippen LogP contribution < -0.4 is 10.6 Å². The third-order valence-corrected chi connectivity index (χ3v) is 2.21. The van der Waals surface area contributed by atoms with E-state index in [1.54, 1.807) is 0 Å². The molecule has 0 aliphatic heterocycles. The Morgan fingerprint density at radius 2 is 1.35 bits per heavy atom. The van der Waals surface area contributed by atoms with E-state index < -0.39 is 0 Å². The molecule has 0 fully saturated rings. The van der Waals surface area contributed by atoms with Crippen LogP contribution in [0.1, 0.15) is 33.6 Å². The van der Waals surface area contributed by atoms with Gasteiger partial charge in [-0.15, -0.1) is 0 Å². The first kappa shape index (κ1) is 16.8. The third-order valence-electron chi connectivity index (χ3n) is 2.21. The topological polar surface area (TPSA) is 42.5 Å². The summed E-state index contributed by atoms with van der Waals surface area (Å²) < 4.78 is 10.9. The van der Waals surface area contributed by atoms with Crippen LogP contribution in [-0.4, -0.2) is 52.1 Å². The van der Waals surface area contributed by atoms with Gasteiger partial charge in [-0.1, -0.05) is 0 Å². The van der Waals surface area contributed by atoms with Crippen molar-refractivity contribution in [2.45, 2.75) is 39.2 Å². The second kappa shape index (κ2) is 11.0. The number of hydrogen-bond acceptors (Lipinski definition) is 4. The fraction of sp³-hybridized carbons (Fsp3) is 1.00. The highest BCUT2D eigenvalue weighted by Crippen LogP contribution is 1.97. The van der Waals surface area contributed by atoms with Crippen molar-refractivity contribution < 1.29 is 9.47 Å². The summed E-state index contributed by atoms with van der Waals surface area (Å²) in [6.45, 7) is 11.6. The van der Waals surface area contributed by atoms with Crippen LogP contribution in [0.15, 0.2) is 0 Å². The Kier molecular flexibility index (Phi) is 10.9. The van der Waals surface area contributed by atoms with Gasteiger partial charge in [-0.3, -0.25) is 0 Å². The molecule has 0 radical (unpaired) electrons. The van der Waals surface area contributed by atoms with E-state index in [1.165, 1.54) is 0 Å². The Hall–Kier alpha value is -0.160. The van der Waals surface area contributed by atoms with Gasteiger partial charge in [-0.05, 0) is 53.8 Å². The number of ether oxygens (including phenoxy) is 2. The van der Waals surface area contributed by atoms with Crippen LogP contribution in [-0.2, 0) is 9.47 Å². The van der Waals surface area contributed by atoms with Gasteiger partial charge in [-0.2, -0.15) is 0 Å². The SMILES string of the molecule is CNCCCOCCOCCCNC(C)(C)C. The van der Waals surface area contributed by atoms with Crippen LogP contribution in [0, 0.1) is 0 Å². The normalized spacial score (nSPS) is 12.0. The number of rotatable bonds is 11. The minimum absolute atomic E-state index is 0.205. The largest absolute Gasteiger partial charge is 0.379 e. The zero-order valence-electron chi connectivity index (χ0n) is 12.0. The van der Waals surface area contributed by atoms with E-state index in [4.69, 9.17) is 9.47 Å². The molecular formula is C13H30N2O2. The van der Waals surface area contributed by atoms with Gasteiger partial charge < -0.3 is 20.1 Å². The van der Waals surface area contributed by atoms with E-state index in [0.29, 0.717) is 13.2 Å². The van der Waals surface area contributed by atoms with Crippen LogP contribution >= 0.6 is 0 Å². The summed E-state index contributed by atoms with van der Waals surface area (Å²) in [7, 11) is 1.95. The van der Waals surface area contributed by atoms with E-state index in [9.17, 15) is 0 Å². The highest BCUT2D eigenvalue weighted by Gasteiger charge is 2.06. The number of hydrogen-bond donors (Lipinski definition) is 2. The van der Waals surface area contributed by atoms with E-state index in [1.807, 2.05) is 7.05 Å². The molecule has 0 saturated heterocycles. The molecule has 0 aromatic rings. The van der Waals surface area contributed by atoms with Crippen LogP contribution in [0.2, 0.25) is 0 Å². The van der Waals surface area contributed by atoms with Crippen molar-refractivity contribution in [2.75, 3.05) is 46.6 Å². The maximum atomic E-state index is 5.47. The molecule has 0 aromatic heterocycles. The minimum Gasteiger partial charge on any atom is -0.379 e. The van der Waals surface area contributed by atoms with Gasteiger partial charge in [0.15, 0.2) is 0 Å². The summed E-state index contributed by atoms with van der Waals surface area (Å²) in [6.07, 6.45) is 2.11. The quantitative estimate of drug-likeness (QED) is 0.541. The zero-order chi connectivity index (χ0) is 13.0. The maximum absolute atomic E-state index is 5.47. The van der Waals surface area contributed by atoms with Crippen LogP contribution in [0.5, 0.6) is 0 Å². The minimum atomic E-state index is 0.205. The molecule has 0 aliphatic carbocycles. The van der Waals surface area contributed by atoms with E-state index in [2.05, 4.69) is 31.4 Å². The van der Waals surface area contributed by atoms with Crippen molar-refractivity contribution in [3.05, 3.63) is 0 Å². The lowest BCUT2D eigenvalue weighted by atomic mass is 10.1. The fourth-order valence-electron chi connectivity index (χ4n) is 1.31. The maximum Gasteiger partial charge on any atom is 0.0700 e. The average Bonchev–Trinajstić information content (AvgIpc) is 2.24. The zero-order valence-corrected chi connectivity index (χ0v) is 12.0. The van der Waals surface area contributed by atoms with Gasteiger partial charge in [0, 0.05) is 18.8 Å². The molecule has 4 heteroatoms. The Morgan fingerprint density at radius 1 is 0.824 bits per heavy atom. The molecule has 0 heterocycles. The standard InChI is InChI=1S/C13H30N2O2/c1-13(2,3)15-8-6-10-17-12-11-16-9-5-7-14-4/h14-15H,5-12H2,1-4H3. The second-order valence-corrected chi connectivity index (χ2v) is 5.21.